The molecule has 112 valence electrons. The van der Waals surface area contributed by atoms with E-state index in [9.17, 15) is 4.39 Å². The highest BCUT2D eigenvalue weighted by Gasteiger charge is 2.20. The predicted octanol–water partition coefficient (Wildman–Crippen LogP) is 4.97. The molecule has 1 nitrogen and oxygen atoms in total. The van der Waals surface area contributed by atoms with Crippen molar-refractivity contribution in [2.75, 3.05) is 6.54 Å². The Morgan fingerprint density at radius 2 is 2.05 bits per heavy atom. The van der Waals surface area contributed by atoms with Crippen molar-refractivity contribution in [2.45, 2.75) is 57.9 Å². The molecule has 0 amide bonds. The van der Waals surface area contributed by atoms with Gasteiger partial charge in [0, 0.05) is 6.04 Å². The minimum Gasteiger partial charge on any atom is -0.314 e. The lowest BCUT2D eigenvalue weighted by atomic mass is 9.83. The molecule has 0 bridgehead atoms. The van der Waals surface area contributed by atoms with Crippen LogP contribution >= 0.6 is 11.6 Å². The van der Waals surface area contributed by atoms with E-state index in [1.807, 2.05) is 6.07 Å². The topological polar surface area (TPSA) is 12.0 Å². The highest BCUT2D eigenvalue weighted by Crippen LogP contribution is 2.29. The van der Waals surface area contributed by atoms with Crippen molar-refractivity contribution in [3.63, 3.8) is 0 Å². The third-order valence-electron chi connectivity index (χ3n) is 4.33. The lowest BCUT2D eigenvalue weighted by molar-refractivity contribution is 0.298. The Morgan fingerprint density at radius 1 is 1.30 bits per heavy atom. The summed E-state index contributed by atoms with van der Waals surface area (Å²) in [5.41, 5.74) is 0.924. The molecule has 1 N–H and O–H groups in total. The van der Waals surface area contributed by atoms with Crippen LogP contribution in [0.25, 0.3) is 0 Å². The average molecular weight is 298 g/mol. The van der Waals surface area contributed by atoms with E-state index >= 15 is 0 Å². The average Bonchev–Trinajstić information content (AvgIpc) is 2.45. The zero-order valence-electron chi connectivity index (χ0n) is 12.3. The molecule has 1 fully saturated rings. The molecule has 1 aliphatic carbocycles. The molecule has 0 spiro atoms. The van der Waals surface area contributed by atoms with Crippen molar-refractivity contribution in [1.29, 1.82) is 0 Å². The lowest BCUT2D eigenvalue weighted by Crippen LogP contribution is -2.33. The van der Waals surface area contributed by atoms with E-state index in [1.165, 1.54) is 44.6 Å². The third-order valence-corrected chi connectivity index (χ3v) is 4.76. The molecule has 1 aliphatic rings. The predicted molar refractivity (Wildman–Crippen MR) is 83.8 cm³/mol. The molecular formula is C17H25ClFN. The largest absolute Gasteiger partial charge is 0.314 e. The van der Waals surface area contributed by atoms with E-state index in [0.717, 1.165) is 24.4 Å². The molecule has 1 saturated carbocycles. The van der Waals surface area contributed by atoms with Gasteiger partial charge in [0.25, 0.3) is 0 Å². The molecule has 1 aromatic carbocycles. The minimum absolute atomic E-state index is 0.291. The van der Waals surface area contributed by atoms with Gasteiger partial charge in [-0.15, -0.1) is 0 Å². The van der Waals surface area contributed by atoms with Gasteiger partial charge in [0.1, 0.15) is 5.82 Å². The molecule has 1 unspecified atom stereocenters. The number of likely N-dealkylation sites (N-methyl/N-ethyl adjacent to an activating group) is 1. The zero-order valence-corrected chi connectivity index (χ0v) is 13.1. The quantitative estimate of drug-likeness (QED) is 0.781. The van der Waals surface area contributed by atoms with Crippen LogP contribution in [0.15, 0.2) is 18.2 Å². The summed E-state index contributed by atoms with van der Waals surface area (Å²) in [6, 6.07) is 5.52. The first kappa shape index (κ1) is 15.8. The molecule has 0 saturated heterocycles. The SMILES string of the molecule is CCNC(Cc1cccc(F)c1Cl)CC1CCCCC1. The number of hydrogen-bond donors (Lipinski definition) is 1. The monoisotopic (exact) mass is 297 g/mol. The van der Waals surface area contributed by atoms with Gasteiger partial charge >= 0.3 is 0 Å². The Labute approximate surface area is 126 Å². The van der Waals surface area contributed by atoms with E-state index in [-0.39, 0.29) is 5.82 Å². The van der Waals surface area contributed by atoms with Gasteiger partial charge in [-0.25, -0.2) is 4.39 Å². The Kier molecular flexibility index (Phi) is 6.31. The van der Waals surface area contributed by atoms with Crippen molar-refractivity contribution in [2.24, 2.45) is 5.92 Å². The fourth-order valence-electron chi connectivity index (χ4n) is 3.32. The lowest BCUT2D eigenvalue weighted by Gasteiger charge is -2.27. The minimum atomic E-state index is -0.308. The van der Waals surface area contributed by atoms with E-state index in [0.29, 0.717) is 11.1 Å². The van der Waals surface area contributed by atoms with Crippen molar-refractivity contribution >= 4 is 11.6 Å². The first-order valence-electron chi connectivity index (χ1n) is 7.87. The smallest absolute Gasteiger partial charge is 0.142 e. The van der Waals surface area contributed by atoms with Crippen molar-refractivity contribution < 1.29 is 4.39 Å². The second-order valence-electron chi connectivity index (χ2n) is 5.91. The summed E-state index contributed by atoms with van der Waals surface area (Å²) in [5.74, 6) is 0.511. The Morgan fingerprint density at radius 3 is 2.75 bits per heavy atom. The van der Waals surface area contributed by atoms with Gasteiger partial charge in [0.15, 0.2) is 0 Å². The zero-order chi connectivity index (χ0) is 14.4. The van der Waals surface area contributed by atoms with Crippen molar-refractivity contribution in [3.8, 4) is 0 Å². The number of nitrogens with one attached hydrogen (secondary N) is 1. The number of rotatable bonds is 6. The maximum absolute atomic E-state index is 13.5. The third kappa shape index (κ3) is 4.46. The summed E-state index contributed by atoms with van der Waals surface area (Å²) < 4.78 is 13.5. The van der Waals surface area contributed by atoms with Gasteiger partial charge in [-0.3, -0.25) is 0 Å². The van der Waals surface area contributed by atoms with Gasteiger partial charge in [-0.1, -0.05) is 62.8 Å². The summed E-state index contributed by atoms with van der Waals surface area (Å²) in [6.07, 6.45) is 8.81. The van der Waals surface area contributed by atoms with Gasteiger partial charge in [0.2, 0.25) is 0 Å². The summed E-state index contributed by atoms with van der Waals surface area (Å²) in [6.45, 7) is 3.07. The summed E-state index contributed by atoms with van der Waals surface area (Å²) in [5, 5.41) is 3.83. The Hall–Kier alpha value is -0.600. The Bertz CT molecular complexity index is 415. The molecule has 20 heavy (non-hydrogen) atoms. The van der Waals surface area contributed by atoms with Crippen LogP contribution in [0.5, 0.6) is 0 Å². The van der Waals surface area contributed by atoms with E-state index in [2.05, 4.69) is 12.2 Å². The Balaban J connectivity index is 1.98. The van der Waals surface area contributed by atoms with E-state index in [4.69, 9.17) is 11.6 Å². The van der Waals surface area contributed by atoms with Crippen LogP contribution in [0.4, 0.5) is 4.39 Å². The van der Waals surface area contributed by atoms with Crippen molar-refractivity contribution in [1.82, 2.24) is 5.32 Å². The molecule has 0 heterocycles. The molecular weight excluding hydrogens is 273 g/mol. The van der Waals surface area contributed by atoms with Crippen LogP contribution < -0.4 is 5.32 Å². The second-order valence-corrected chi connectivity index (χ2v) is 6.29. The molecule has 1 aromatic rings. The molecule has 0 radical (unpaired) electrons. The maximum atomic E-state index is 13.5. The molecule has 0 aromatic heterocycles. The second kappa shape index (κ2) is 7.99. The van der Waals surface area contributed by atoms with E-state index < -0.39 is 0 Å². The van der Waals surface area contributed by atoms with E-state index in [1.54, 1.807) is 6.07 Å². The van der Waals surface area contributed by atoms with Crippen LogP contribution in [0, 0.1) is 11.7 Å². The summed E-state index contributed by atoms with van der Waals surface area (Å²) in [4.78, 5) is 0. The molecule has 2 rings (SSSR count). The number of hydrogen-bond acceptors (Lipinski definition) is 1. The van der Waals surface area contributed by atoms with Crippen LogP contribution in [0.3, 0.4) is 0 Å². The summed E-state index contributed by atoms with van der Waals surface area (Å²) in [7, 11) is 0. The van der Waals surface area contributed by atoms with Crippen LogP contribution in [-0.2, 0) is 6.42 Å². The van der Waals surface area contributed by atoms with Gasteiger partial charge in [-0.2, -0.15) is 0 Å². The number of benzene rings is 1. The normalized spacial score (nSPS) is 18.1. The van der Waals surface area contributed by atoms with Gasteiger partial charge < -0.3 is 5.32 Å². The van der Waals surface area contributed by atoms with Crippen molar-refractivity contribution in [3.05, 3.63) is 34.6 Å². The summed E-state index contributed by atoms with van der Waals surface area (Å²) >= 11 is 6.08. The van der Waals surface area contributed by atoms with Gasteiger partial charge in [0.05, 0.1) is 5.02 Å². The van der Waals surface area contributed by atoms with Crippen LogP contribution in [-0.4, -0.2) is 12.6 Å². The highest BCUT2D eigenvalue weighted by molar-refractivity contribution is 6.31. The highest BCUT2D eigenvalue weighted by atomic mass is 35.5. The van der Waals surface area contributed by atoms with Gasteiger partial charge in [-0.05, 0) is 36.9 Å². The first-order valence-corrected chi connectivity index (χ1v) is 8.24. The molecule has 0 aliphatic heterocycles. The van der Waals surface area contributed by atoms with Crippen LogP contribution in [0.2, 0.25) is 5.02 Å². The molecule has 3 heteroatoms. The van der Waals surface area contributed by atoms with Crippen LogP contribution in [0.1, 0.15) is 51.0 Å². The number of halogens is 2. The standard InChI is InChI=1S/C17H25ClFN/c1-2-20-15(11-13-7-4-3-5-8-13)12-14-9-6-10-16(19)17(14)18/h6,9-10,13,15,20H,2-5,7-8,11-12H2,1H3. The maximum Gasteiger partial charge on any atom is 0.142 e. The molecule has 1 atom stereocenters. The fourth-order valence-corrected chi connectivity index (χ4v) is 3.53. The first-order chi connectivity index (χ1) is 9.70. The fraction of sp³-hybridized carbons (Fsp3) is 0.647.